The van der Waals surface area contributed by atoms with Crippen molar-refractivity contribution >= 4 is 52.4 Å². The Bertz CT molecular complexity index is 676. The molecular weight excluding hydrogens is 485 g/mol. The molecule has 0 saturated heterocycles. The first-order valence-electron chi connectivity index (χ1n) is 8.13. The van der Waals surface area contributed by atoms with E-state index < -0.39 is 35.1 Å². The molecule has 0 fully saturated rings. The molecule has 2 atom stereocenters. The van der Waals surface area contributed by atoms with Crippen LogP contribution in [0.4, 0.5) is 4.79 Å². The van der Waals surface area contributed by atoms with Crippen LogP contribution in [-0.2, 0) is 19.0 Å². The highest BCUT2D eigenvalue weighted by Crippen LogP contribution is 2.20. The second-order valence-corrected chi connectivity index (χ2v) is 8.67. The molecule has 1 unspecified atom stereocenters. The largest absolute Gasteiger partial charge is 0.467 e. The summed E-state index contributed by atoms with van der Waals surface area (Å²) in [6, 6.07) is 6.02. The molecular formula is C18H24INO6S. The molecule has 0 saturated carbocycles. The van der Waals surface area contributed by atoms with Gasteiger partial charge in [-0.2, -0.15) is 0 Å². The van der Waals surface area contributed by atoms with E-state index in [2.05, 4.69) is 5.32 Å². The molecule has 1 aromatic rings. The zero-order valence-electron chi connectivity index (χ0n) is 15.9. The summed E-state index contributed by atoms with van der Waals surface area (Å²) < 4.78 is 16.2. The third-order valence-electron chi connectivity index (χ3n) is 3.20. The molecule has 27 heavy (non-hydrogen) atoms. The number of hydrogen-bond acceptors (Lipinski definition) is 7. The van der Waals surface area contributed by atoms with Crippen LogP contribution in [0.2, 0.25) is 0 Å². The summed E-state index contributed by atoms with van der Waals surface area (Å²) in [6.45, 7) is 5.15. The summed E-state index contributed by atoms with van der Waals surface area (Å²) in [7, 11) is 1.22. The molecule has 0 spiro atoms. The summed E-state index contributed by atoms with van der Waals surface area (Å²) in [5.41, 5.74) is -0.931. The van der Waals surface area contributed by atoms with Crippen molar-refractivity contribution in [2.45, 2.75) is 44.3 Å². The van der Waals surface area contributed by atoms with Gasteiger partial charge in [-0.25, -0.2) is 14.4 Å². The lowest BCUT2D eigenvalue weighted by atomic mass is 10.2. The van der Waals surface area contributed by atoms with E-state index in [1.54, 1.807) is 45.2 Å². The Labute approximate surface area is 177 Å². The van der Waals surface area contributed by atoms with Crippen LogP contribution in [0, 0.1) is 3.57 Å². The zero-order valence-corrected chi connectivity index (χ0v) is 18.9. The van der Waals surface area contributed by atoms with Gasteiger partial charge in [0.15, 0.2) is 0 Å². The average Bonchev–Trinajstić information content (AvgIpc) is 2.58. The number of halogens is 1. The molecule has 0 aromatic heterocycles. The van der Waals surface area contributed by atoms with Crippen LogP contribution >= 0.6 is 34.4 Å². The molecule has 9 heteroatoms. The maximum atomic E-state index is 12.4. The second-order valence-electron chi connectivity index (χ2n) is 6.51. The highest BCUT2D eigenvalue weighted by Gasteiger charge is 2.29. The lowest BCUT2D eigenvalue weighted by molar-refractivity contribution is -0.143. The van der Waals surface area contributed by atoms with Crippen LogP contribution in [0.5, 0.6) is 0 Å². The van der Waals surface area contributed by atoms with E-state index in [0.29, 0.717) is 5.56 Å². The van der Waals surface area contributed by atoms with Gasteiger partial charge in [0, 0.05) is 9.99 Å². The van der Waals surface area contributed by atoms with Crippen LogP contribution in [0.15, 0.2) is 24.3 Å². The van der Waals surface area contributed by atoms with Crippen molar-refractivity contribution in [2.24, 2.45) is 0 Å². The number of amides is 1. The third kappa shape index (κ3) is 8.37. The van der Waals surface area contributed by atoms with Gasteiger partial charge in [-0.05, 0) is 61.8 Å². The molecule has 0 heterocycles. The van der Waals surface area contributed by atoms with E-state index in [1.165, 1.54) is 18.9 Å². The van der Waals surface area contributed by atoms with Gasteiger partial charge in [-0.15, -0.1) is 11.8 Å². The molecule has 0 aliphatic heterocycles. The predicted octanol–water partition coefficient (Wildman–Crippen LogP) is 3.59. The Morgan fingerprint density at radius 3 is 2.37 bits per heavy atom. The molecule has 1 rings (SSSR count). The first-order chi connectivity index (χ1) is 12.6. The van der Waals surface area contributed by atoms with E-state index in [4.69, 9.17) is 14.2 Å². The number of esters is 2. The first kappa shape index (κ1) is 23.5. The van der Waals surface area contributed by atoms with Crippen LogP contribution in [0.25, 0.3) is 0 Å². The van der Waals surface area contributed by atoms with Crippen molar-refractivity contribution in [3.05, 3.63) is 33.4 Å². The average molecular weight is 509 g/mol. The molecule has 0 aliphatic carbocycles. The fourth-order valence-corrected chi connectivity index (χ4v) is 3.18. The minimum atomic E-state index is -1.01. The molecule has 1 amide bonds. The molecule has 0 bridgehead atoms. The zero-order chi connectivity index (χ0) is 20.6. The monoisotopic (exact) mass is 509 g/mol. The van der Waals surface area contributed by atoms with Gasteiger partial charge in [0.1, 0.15) is 17.1 Å². The smallest absolute Gasteiger partial charge is 0.408 e. The van der Waals surface area contributed by atoms with Crippen LogP contribution < -0.4 is 5.32 Å². The Hall–Kier alpha value is -1.49. The summed E-state index contributed by atoms with van der Waals surface area (Å²) in [5.74, 6) is -1.15. The van der Waals surface area contributed by atoms with Crippen molar-refractivity contribution < 1.29 is 28.6 Å². The van der Waals surface area contributed by atoms with Crippen LogP contribution in [-0.4, -0.2) is 48.5 Å². The topological polar surface area (TPSA) is 90.9 Å². The maximum absolute atomic E-state index is 12.4. The maximum Gasteiger partial charge on any atom is 0.408 e. The minimum Gasteiger partial charge on any atom is -0.467 e. The van der Waals surface area contributed by atoms with Gasteiger partial charge in [0.25, 0.3) is 0 Å². The Kier molecular flexibility index (Phi) is 9.37. The fourth-order valence-electron chi connectivity index (χ4n) is 2.00. The Morgan fingerprint density at radius 1 is 1.22 bits per heavy atom. The summed E-state index contributed by atoms with van der Waals surface area (Å²) in [5, 5.41) is 2.47. The van der Waals surface area contributed by atoms with E-state index in [-0.39, 0.29) is 6.42 Å². The normalized spacial score (nSPS) is 13.3. The van der Waals surface area contributed by atoms with E-state index in [9.17, 15) is 14.4 Å². The number of rotatable bonds is 7. The van der Waals surface area contributed by atoms with Crippen molar-refractivity contribution in [1.29, 1.82) is 0 Å². The number of hydrogen-bond donors (Lipinski definition) is 1. The minimum absolute atomic E-state index is 0.0439. The van der Waals surface area contributed by atoms with Crippen molar-refractivity contribution in [1.82, 2.24) is 5.32 Å². The summed E-state index contributed by atoms with van der Waals surface area (Å²) in [6.07, 6.45) is 1.04. The molecule has 1 aromatic carbocycles. The predicted molar refractivity (Wildman–Crippen MR) is 112 cm³/mol. The number of benzene rings is 1. The molecule has 7 nitrogen and oxygen atoms in total. The highest BCUT2D eigenvalue weighted by molar-refractivity contribution is 14.1. The van der Waals surface area contributed by atoms with Crippen LogP contribution in [0.3, 0.4) is 0 Å². The Morgan fingerprint density at radius 2 is 1.85 bits per heavy atom. The molecule has 150 valence electrons. The number of methoxy groups -OCH3 is 1. The highest BCUT2D eigenvalue weighted by atomic mass is 127. The standard InChI is InChI=1S/C18H24INO6S/c1-18(2,3)26-17(23)20-13(16(22)24-4)10-14(27-5)25-15(21)11-8-6-7-9-12(11)19/h6-9,13-14H,10H2,1-5H3,(H,20,23)/t13-,14?/m0/s1. The summed E-state index contributed by atoms with van der Waals surface area (Å²) in [4.78, 5) is 36.4. The number of thioether (sulfide) groups is 1. The van der Waals surface area contributed by atoms with Crippen LogP contribution in [0.1, 0.15) is 37.6 Å². The molecule has 0 radical (unpaired) electrons. The number of carbonyl (C=O) groups is 3. The second kappa shape index (κ2) is 10.7. The van der Waals surface area contributed by atoms with E-state index >= 15 is 0 Å². The third-order valence-corrected chi connectivity index (χ3v) is 4.96. The fraction of sp³-hybridized carbons (Fsp3) is 0.500. The summed E-state index contributed by atoms with van der Waals surface area (Å²) >= 11 is 3.30. The van der Waals surface area contributed by atoms with Gasteiger partial charge in [-0.1, -0.05) is 12.1 Å². The van der Waals surface area contributed by atoms with E-state index in [0.717, 1.165) is 3.57 Å². The van der Waals surface area contributed by atoms with Crippen molar-refractivity contribution in [2.75, 3.05) is 13.4 Å². The quantitative estimate of drug-likeness (QED) is 0.260. The number of nitrogens with one attached hydrogen (secondary N) is 1. The van der Waals surface area contributed by atoms with Crippen molar-refractivity contribution in [3.63, 3.8) is 0 Å². The lowest BCUT2D eigenvalue weighted by Gasteiger charge is -2.24. The molecule has 0 aliphatic rings. The SMILES string of the molecule is COC(=O)[C@H](CC(OC(=O)c1ccccc1I)SC)NC(=O)OC(C)(C)C. The first-order valence-corrected chi connectivity index (χ1v) is 10.5. The lowest BCUT2D eigenvalue weighted by Crippen LogP contribution is -2.45. The van der Waals surface area contributed by atoms with Crippen molar-refractivity contribution in [3.8, 4) is 0 Å². The Balaban J connectivity index is 2.82. The number of alkyl carbamates (subject to hydrolysis) is 1. The number of ether oxygens (including phenoxy) is 3. The number of carbonyl (C=O) groups excluding carboxylic acids is 3. The van der Waals surface area contributed by atoms with Gasteiger partial charge >= 0.3 is 18.0 Å². The van der Waals surface area contributed by atoms with Gasteiger partial charge in [-0.3, -0.25) is 0 Å². The van der Waals surface area contributed by atoms with Gasteiger partial charge < -0.3 is 19.5 Å². The van der Waals surface area contributed by atoms with Gasteiger partial charge in [0.2, 0.25) is 0 Å². The van der Waals surface area contributed by atoms with Gasteiger partial charge in [0.05, 0.1) is 12.7 Å². The molecule has 1 N–H and O–H groups in total. The van der Waals surface area contributed by atoms with E-state index in [1.807, 2.05) is 28.7 Å².